The quantitative estimate of drug-likeness (QED) is 0.766. The van der Waals surface area contributed by atoms with Crippen LogP contribution in [0, 0.1) is 0 Å². The number of carboxylic acids is 1. The Labute approximate surface area is 151 Å². The van der Waals surface area contributed by atoms with Gasteiger partial charge in [-0.3, -0.25) is 9.98 Å². The molecule has 0 fully saturated rings. The second kappa shape index (κ2) is 6.76. The normalized spacial score (nSPS) is 14.0. The van der Waals surface area contributed by atoms with Crippen LogP contribution >= 0.6 is 0 Å². The van der Waals surface area contributed by atoms with Crippen LogP contribution in [-0.2, 0) is 0 Å². The third kappa shape index (κ3) is 2.93. The molecule has 0 unspecified atom stereocenters. The molecular formula is C22H16N2O2. The van der Waals surface area contributed by atoms with E-state index in [1.165, 1.54) is 0 Å². The van der Waals surface area contributed by atoms with Gasteiger partial charge >= 0.3 is 5.97 Å². The summed E-state index contributed by atoms with van der Waals surface area (Å²) < 4.78 is 0. The summed E-state index contributed by atoms with van der Waals surface area (Å²) in [6.07, 6.45) is -0.562. The smallest absolute Gasteiger partial charge is 0.336 e. The fourth-order valence-electron chi connectivity index (χ4n) is 3.07. The molecule has 0 amide bonds. The lowest BCUT2D eigenvalue weighted by atomic mass is 10.0. The summed E-state index contributed by atoms with van der Waals surface area (Å²) in [5.41, 5.74) is 4.31. The van der Waals surface area contributed by atoms with E-state index in [0.29, 0.717) is 5.56 Å². The number of nitrogens with zero attached hydrogens (tertiary/aromatic N) is 2. The second-order valence-electron chi connectivity index (χ2n) is 5.95. The zero-order chi connectivity index (χ0) is 17.9. The van der Waals surface area contributed by atoms with Crippen molar-refractivity contribution in [3.05, 3.63) is 107 Å². The van der Waals surface area contributed by atoms with Gasteiger partial charge < -0.3 is 5.11 Å². The number of aliphatic imine (C=N–C) groups is 2. The van der Waals surface area contributed by atoms with E-state index in [2.05, 4.69) is 0 Å². The van der Waals surface area contributed by atoms with Crippen LogP contribution in [0.4, 0.5) is 0 Å². The number of hydrogen-bond donors (Lipinski definition) is 1. The van der Waals surface area contributed by atoms with Crippen molar-refractivity contribution in [3.8, 4) is 0 Å². The fourth-order valence-corrected chi connectivity index (χ4v) is 3.07. The van der Waals surface area contributed by atoms with Gasteiger partial charge in [-0.05, 0) is 6.07 Å². The first-order chi connectivity index (χ1) is 12.7. The first-order valence-corrected chi connectivity index (χ1v) is 8.33. The average molecular weight is 340 g/mol. The highest BCUT2D eigenvalue weighted by molar-refractivity contribution is 6.54. The van der Waals surface area contributed by atoms with Gasteiger partial charge in [-0.25, -0.2) is 4.79 Å². The molecular weight excluding hydrogens is 324 g/mol. The minimum absolute atomic E-state index is 0.228. The van der Waals surface area contributed by atoms with Crippen molar-refractivity contribution in [1.82, 2.24) is 0 Å². The summed E-state index contributed by atoms with van der Waals surface area (Å²) in [6, 6.07) is 26.6. The van der Waals surface area contributed by atoms with Crippen LogP contribution in [0.1, 0.15) is 33.2 Å². The van der Waals surface area contributed by atoms with Gasteiger partial charge in [-0.2, -0.15) is 0 Å². The summed E-state index contributed by atoms with van der Waals surface area (Å²) in [7, 11) is 0. The molecule has 0 atom stereocenters. The molecule has 0 spiro atoms. The van der Waals surface area contributed by atoms with Gasteiger partial charge in [0.05, 0.1) is 17.0 Å². The largest absolute Gasteiger partial charge is 0.478 e. The molecule has 0 aromatic heterocycles. The van der Waals surface area contributed by atoms with Crippen LogP contribution in [0.2, 0.25) is 0 Å². The van der Waals surface area contributed by atoms with Crippen molar-refractivity contribution < 1.29 is 9.90 Å². The first-order valence-electron chi connectivity index (χ1n) is 8.33. The zero-order valence-corrected chi connectivity index (χ0v) is 13.9. The van der Waals surface area contributed by atoms with E-state index in [9.17, 15) is 9.90 Å². The van der Waals surface area contributed by atoms with Gasteiger partial charge in [0.2, 0.25) is 0 Å². The molecule has 1 heterocycles. The highest BCUT2D eigenvalue weighted by atomic mass is 16.4. The second-order valence-corrected chi connectivity index (χ2v) is 5.95. The Morgan fingerprint density at radius 3 is 1.65 bits per heavy atom. The van der Waals surface area contributed by atoms with E-state index < -0.39 is 12.1 Å². The van der Waals surface area contributed by atoms with Gasteiger partial charge in [0.1, 0.15) is 0 Å². The zero-order valence-electron chi connectivity index (χ0n) is 13.9. The molecule has 4 rings (SSSR count). The monoisotopic (exact) mass is 340 g/mol. The Morgan fingerprint density at radius 1 is 0.692 bits per heavy atom. The van der Waals surface area contributed by atoms with Gasteiger partial charge in [-0.1, -0.05) is 78.9 Å². The predicted molar refractivity (Wildman–Crippen MR) is 102 cm³/mol. The third-order valence-corrected chi connectivity index (χ3v) is 4.29. The van der Waals surface area contributed by atoms with Crippen molar-refractivity contribution in [2.24, 2.45) is 9.98 Å². The minimum Gasteiger partial charge on any atom is -0.478 e. The number of hydrogen-bond acceptors (Lipinski definition) is 3. The summed E-state index contributed by atoms with van der Waals surface area (Å²) in [6.45, 7) is 0. The van der Waals surface area contributed by atoms with E-state index in [0.717, 1.165) is 22.6 Å². The van der Waals surface area contributed by atoms with E-state index >= 15 is 0 Å². The highest BCUT2D eigenvalue weighted by Crippen LogP contribution is 2.30. The van der Waals surface area contributed by atoms with Gasteiger partial charge in [-0.15, -0.1) is 0 Å². The number of rotatable bonds is 4. The fraction of sp³-hybridized carbons (Fsp3) is 0.0455. The maximum atomic E-state index is 11.6. The molecule has 26 heavy (non-hydrogen) atoms. The van der Waals surface area contributed by atoms with Crippen molar-refractivity contribution in [2.75, 3.05) is 0 Å². The Kier molecular flexibility index (Phi) is 4.15. The van der Waals surface area contributed by atoms with Crippen molar-refractivity contribution in [3.63, 3.8) is 0 Å². The number of benzene rings is 3. The number of aromatic carboxylic acids is 1. The summed E-state index contributed by atoms with van der Waals surface area (Å²) >= 11 is 0. The maximum Gasteiger partial charge on any atom is 0.336 e. The Morgan fingerprint density at radius 2 is 1.15 bits per heavy atom. The molecule has 4 nitrogen and oxygen atoms in total. The molecule has 0 saturated carbocycles. The van der Waals surface area contributed by atoms with Crippen LogP contribution < -0.4 is 0 Å². The molecule has 4 heteroatoms. The van der Waals surface area contributed by atoms with Crippen LogP contribution in [0.5, 0.6) is 0 Å². The molecule has 1 aliphatic rings. The van der Waals surface area contributed by atoms with Gasteiger partial charge in [0.25, 0.3) is 0 Å². The molecule has 0 aliphatic carbocycles. The van der Waals surface area contributed by atoms with E-state index in [1.54, 1.807) is 18.2 Å². The van der Waals surface area contributed by atoms with Crippen LogP contribution in [0.3, 0.4) is 0 Å². The standard InChI is InChI=1S/C22H16N2O2/c25-22(26)18-14-8-7-13-17(18)21-23-19(15-9-3-1-4-10-15)20(24-21)16-11-5-2-6-12-16/h1-14,21H,(H,25,26). The Balaban J connectivity index is 1.86. The van der Waals surface area contributed by atoms with Crippen LogP contribution in [0.25, 0.3) is 0 Å². The maximum absolute atomic E-state index is 11.6. The van der Waals surface area contributed by atoms with E-state index in [4.69, 9.17) is 9.98 Å². The number of carboxylic acid groups (broad SMARTS) is 1. The lowest BCUT2D eigenvalue weighted by Crippen LogP contribution is -2.13. The molecule has 126 valence electrons. The summed E-state index contributed by atoms with van der Waals surface area (Å²) in [4.78, 5) is 21.1. The SMILES string of the molecule is O=C(O)c1ccccc1C1N=C(c2ccccc2)C(c2ccccc2)=N1. The van der Waals surface area contributed by atoms with Crippen molar-refractivity contribution >= 4 is 17.4 Å². The number of carbonyl (C=O) groups is 1. The molecule has 3 aromatic rings. The van der Waals surface area contributed by atoms with E-state index in [1.807, 2.05) is 66.7 Å². The molecule has 1 aliphatic heterocycles. The molecule has 3 aromatic carbocycles. The van der Waals surface area contributed by atoms with Gasteiger partial charge in [0, 0.05) is 16.7 Å². The topological polar surface area (TPSA) is 62.0 Å². The van der Waals surface area contributed by atoms with Crippen molar-refractivity contribution in [2.45, 2.75) is 6.17 Å². The first kappa shape index (κ1) is 16.0. The highest BCUT2D eigenvalue weighted by Gasteiger charge is 2.27. The average Bonchev–Trinajstić information content (AvgIpc) is 3.15. The molecule has 1 N–H and O–H groups in total. The lowest BCUT2D eigenvalue weighted by molar-refractivity contribution is 0.0695. The Bertz CT molecular complexity index is 953. The summed E-state index contributed by atoms with van der Waals surface area (Å²) in [5.74, 6) is -0.972. The van der Waals surface area contributed by atoms with Crippen LogP contribution in [-0.4, -0.2) is 22.5 Å². The predicted octanol–water partition coefficient (Wildman–Crippen LogP) is 4.38. The Hall–Kier alpha value is -3.53. The minimum atomic E-state index is -0.972. The van der Waals surface area contributed by atoms with Gasteiger partial charge in [0.15, 0.2) is 6.17 Å². The van der Waals surface area contributed by atoms with Crippen molar-refractivity contribution in [1.29, 1.82) is 0 Å². The molecule has 0 saturated heterocycles. The summed E-state index contributed by atoms with van der Waals surface area (Å²) in [5, 5.41) is 9.49. The van der Waals surface area contributed by atoms with Crippen LogP contribution in [0.15, 0.2) is 94.9 Å². The molecule has 0 bridgehead atoms. The lowest BCUT2D eigenvalue weighted by Gasteiger charge is -2.08. The third-order valence-electron chi connectivity index (χ3n) is 4.29. The van der Waals surface area contributed by atoms with E-state index in [-0.39, 0.29) is 5.56 Å². The molecule has 0 radical (unpaired) electrons.